The third-order valence-corrected chi connectivity index (χ3v) is 3.69. The highest BCUT2D eigenvalue weighted by atomic mass is 19.1. The summed E-state index contributed by atoms with van der Waals surface area (Å²) >= 11 is 0. The van der Waals surface area contributed by atoms with E-state index < -0.39 is 0 Å². The van der Waals surface area contributed by atoms with Crippen molar-refractivity contribution >= 4 is 0 Å². The molecule has 0 aliphatic heterocycles. The molecule has 1 rings (SSSR count). The molecule has 1 nitrogen and oxygen atoms in total. The molecule has 1 N–H and O–H groups in total. The first-order valence-electron chi connectivity index (χ1n) is 8.05. The van der Waals surface area contributed by atoms with Crippen molar-refractivity contribution in [3.63, 3.8) is 0 Å². The van der Waals surface area contributed by atoms with E-state index in [9.17, 15) is 4.39 Å². The summed E-state index contributed by atoms with van der Waals surface area (Å²) < 4.78 is 13.9. The number of halogens is 1. The van der Waals surface area contributed by atoms with Crippen LogP contribution in [0.3, 0.4) is 0 Å². The van der Waals surface area contributed by atoms with Gasteiger partial charge in [0.05, 0.1) is 0 Å². The minimum atomic E-state index is -0.0750. The predicted octanol–water partition coefficient (Wildman–Crippen LogP) is 5.20. The van der Waals surface area contributed by atoms with Crippen molar-refractivity contribution < 1.29 is 4.39 Å². The summed E-state index contributed by atoms with van der Waals surface area (Å²) in [6.45, 7) is 14.3. The quantitative estimate of drug-likeness (QED) is 0.760. The lowest BCUT2D eigenvalue weighted by Gasteiger charge is -2.28. The molecule has 1 atom stereocenters. The minimum absolute atomic E-state index is 0.0750. The molecule has 120 valence electrons. The molecular formula is C19H32FN. The molecule has 0 fully saturated rings. The van der Waals surface area contributed by atoms with E-state index in [1.165, 1.54) is 0 Å². The van der Waals surface area contributed by atoms with Gasteiger partial charge in [-0.3, -0.25) is 0 Å². The molecule has 0 bridgehead atoms. The molecule has 0 aromatic heterocycles. The highest BCUT2D eigenvalue weighted by molar-refractivity contribution is 5.17. The summed E-state index contributed by atoms with van der Waals surface area (Å²) in [5, 5.41) is 3.58. The molecule has 21 heavy (non-hydrogen) atoms. The van der Waals surface area contributed by atoms with Crippen LogP contribution in [0.5, 0.6) is 0 Å². The lowest BCUT2D eigenvalue weighted by molar-refractivity contribution is 0.294. The van der Waals surface area contributed by atoms with Crippen molar-refractivity contribution in [1.82, 2.24) is 5.32 Å². The number of hydrogen-bond acceptors (Lipinski definition) is 1. The monoisotopic (exact) mass is 293 g/mol. The van der Waals surface area contributed by atoms with E-state index in [0.29, 0.717) is 11.3 Å². The molecule has 0 saturated carbocycles. The molecule has 0 saturated heterocycles. The highest BCUT2D eigenvalue weighted by Crippen LogP contribution is 2.26. The summed E-state index contributed by atoms with van der Waals surface area (Å²) in [6.07, 6.45) is 3.10. The topological polar surface area (TPSA) is 12.0 Å². The molecule has 0 amide bonds. The number of rotatable bonds is 6. The van der Waals surface area contributed by atoms with Crippen LogP contribution in [0, 0.1) is 17.2 Å². The van der Waals surface area contributed by atoms with E-state index in [1.54, 1.807) is 12.1 Å². The van der Waals surface area contributed by atoms with E-state index in [0.717, 1.165) is 31.4 Å². The Hall–Kier alpha value is -0.890. The second-order valence-electron chi connectivity index (χ2n) is 8.39. The second-order valence-corrected chi connectivity index (χ2v) is 8.39. The van der Waals surface area contributed by atoms with Crippen LogP contribution < -0.4 is 5.32 Å². The molecule has 1 aromatic carbocycles. The number of benzene rings is 1. The van der Waals surface area contributed by atoms with Gasteiger partial charge in [0.1, 0.15) is 5.82 Å². The maximum atomic E-state index is 13.9. The zero-order valence-corrected chi connectivity index (χ0v) is 14.6. The van der Waals surface area contributed by atoms with Gasteiger partial charge in [0.25, 0.3) is 0 Å². The smallest absolute Gasteiger partial charge is 0.126 e. The van der Waals surface area contributed by atoms with Crippen molar-refractivity contribution in [1.29, 1.82) is 0 Å². The van der Waals surface area contributed by atoms with Crippen molar-refractivity contribution in [2.75, 3.05) is 6.54 Å². The van der Waals surface area contributed by atoms with Gasteiger partial charge in [0.2, 0.25) is 0 Å². The van der Waals surface area contributed by atoms with Crippen molar-refractivity contribution in [2.45, 2.75) is 66.3 Å². The SMILES string of the molecule is CC(C)(C)CCC(CNC(C)(C)C)Cc1ccccc1F. The van der Waals surface area contributed by atoms with E-state index in [-0.39, 0.29) is 11.4 Å². The molecule has 0 radical (unpaired) electrons. The zero-order valence-electron chi connectivity index (χ0n) is 14.6. The maximum absolute atomic E-state index is 13.9. The Kier molecular flexibility index (Phi) is 6.40. The third-order valence-electron chi connectivity index (χ3n) is 3.69. The van der Waals surface area contributed by atoms with Crippen LogP contribution in [0.1, 0.15) is 59.9 Å². The first kappa shape index (κ1) is 18.2. The fourth-order valence-corrected chi connectivity index (χ4v) is 2.34. The Labute approximate surface area is 130 Å². The first-order valence-corrected chi connectivity index (χ1v) is 8.05. The first-order chi connectivity index (χ1) is 9.57. The van der Waals surface area contributed by atoms with Gasteiger partial charge in [-0.05, 0) is 69.5 Å². The summed E-state index contributed by atoms with van der Waals surface area (Å²) in [5.41, 5.74) is 1.27. The van der Waals surface area contributed by atoms with Crippen LogP contribution in [0.25, 0.3) is 0 Å². The number of hydrogen-bond donors (Lipinski definition) is 1. The molecule has 0 aliphatic rings. The van der Waals surface area contributed by atoms with Crippen molar-refractivity contribution in [3.8, 4) is 0 Å². The van der Waals surface area contributed by atoms with Crippen LogP contribution in [-0.2, 0) is 6.42 Å². The van der Waals surface area contributed by atoms with Gasteiger partial charge in [0, 0.05) is 5.54 Å². The van der Waals surface area contributed by atoms with E-state index >= 15 is 0 Å². The van der Waals surface area contributed by atoms with Crippen molar-refractivity contribution in [3.05, 3.63) is 35.6 Å². The molecule has 2 heteroatoms. The third kappa shape index (κ3) is 8.21. The lowest BCUT2D eigenvalue weighted by Crippen LogP contribution is -2.39. The summed E-state index contributed by atoms with van der Waals surface area (Å²) in [6, 6.07) is 7.16. The molecule has 1 aromatic rings. The van der Waals surface area contributed by atoms with Crippen LogP contribution >= 0.6 is 0 Å². The molecule has 0 aliphatic carbocycles. The fraction of sp³-hybridized carbons (Fsp3) is 0.684. The molecule has 1 unspecified atom stereocenters. The van der Waals surface area contributed by atoms with Gasteiger partial charge >= 0.3 is 0 Å². The standard InChI is InChI=1S/C19H32FN/c1-18(2,3)12-11-15(14-21-19(4,5)6)13-16-9-7-8-10-17(16)20/h7-10,15,21H,11-14H2,1-6H3. The van der Waals surface area contributed by atoms with Gasteiger partial charge in [0.15, 0.2) is 0 Å². The largest absolute Gasteiger partial charge is 0.312 e. The van der Waals surface area contributed by atoms with Crippen LogP contribution in [0.15, 0.2) is 24.3 Å². The fourth-order valence-electron chi connectivity index (χ4n) is 2.34. The maximum Gasteiger partial charge on any atom is 0.126 e. The van der Waals surface area contributed by atoms with Crippen LogP contribution in [0.2, 0.25) is 0 Å². The number of nitrogens with one attached hydrogen (secondary N) is 1. The van der Waals surface area contributed by atoms with Crippen LogP contribution in [-0.4, -0.2) is 12.1 Å². The summed E-state index contributed by atoms with van der Waals surface area (Å²) in [5.74, 6) is 0.398. The average Bonchev–Trinajstić information content (AvgIpc) is 2.33. The zero-order chi connectivity index (χ0) is 16.1. The average molecular weight is 293 g/mol. The van der Waals surface area contributed by atoms with Gasteiger partial charge in [-0.1, -0.05) is 39.0 Å². The Morgan fingerprint density at radius 3 is 2.19 bits per heavy atom. The molecule has 0 spiro atoms. The lowest BCUT2D eigenvalue weighted by atomic mass is 9.84. The van der Waals surface area contributed by atoms with E-state index in [2.05, 4.69) is 46.9 Å². The van der Waals surface area contributed by atoms with Gasteiger partial charge in [-0.15, -0.1) is 0 Å². The van der Waals surface area contributed by atoms with Gasteiger partial charge in [-0.25, -0.2) is 4.39 Å². The molecule has 0 heterocycles. The van der Waals surface area contributed by atoms with Gasteiger partial charge < -0.3 is 5.32 Å². The Morgan fingerprint density at radius 1 is 1.05 bits per heavy atom. The highest BCUT2D eigenvalue weighted by Gasteiger charge is 2.19. The summed E-state index contributed by atoms with van der Waals surface area (Å²) in [4.78, 5) is 0. The van der Waals surface area contributed by atoms with E-state index in [1.807, 2.05) is 12.1 Å². The van der Waals surface area contributed by atoms with E-state index in [4.69, 9.17) is 0 Å². The molecular weight excluding hydrogens is 261 g/mol. The van der Waals surface area contributed by atoms with Crippen molar-refractivity contribution in [2.24, 2.45) is 11.3 Å². The Balaban J connectivity index is 2.69. The Bertz CT molecular complexity index is 408. The summed E-state index contributed by atoms with van der Waals surface area (Å²) in [7, 11) is 0. The predicted molar refractivity (Wildman–Crippen MR) is 90.0 cm³/mol. The normalized spacial score (nSPS) is 14.2. The van der Waals surface area contributed by atoms with Gasteiger partial charge in [-0.2, -0.15) is 0 Å². The Morgan fingerprint density at radius 2 is 1.67 bits per heavy atom. The minimum Gasteiger partial charge on any atom is -0.312 e. The second kappa shape index (κ2) is 7.40. The van der Waals surface area contributed by atoms with Crippen LogP contribution in [0.4, 0.5) is 4.39 Å².